The van der Waals surface area contributed by atoms with Crippen LogP contribution < -0.4 is 0 Å². The largest absolute Gasteiger partial charge is 0.414 e. The second-order valence-corrected chi connectivity index (χ2v) is 26.5. The second-order valence-electron chi connectivity index (χ2n) is 18.1. The van der Waals surface area contributed by atoms with E-state index in [9.17, 15) is 0 Å². The van der Waals surface area contributed by atoms with Gasteiger partial charge in [-0.15, -0.1) is 0 Å². The highest BCUT2D eigenvalue weighted by Crippen LogP contribution is 2.57. The van der Waals surface area contributed by atoms with Gasteiger partial charge >= 0.3 is 0 Å². The van der Waals surface area contributed by atoms with Crippen molar-refractivity contribution in [3.8, 4) is 0 Å². The van der Waals surface area contributed by atoms with E-state index in [1.54, 1.807) is 0 Å². The summed E-state index contributed by atoms with van der Waals surface area (Å²) in [5.41, 5.74) is 1.74. The van der Waals surface area contributed by atoms with E-state index < -0.39 is 16.6 Å². The van der Waals surface area contributed by atoms with Crippen molar-refractivity contribution >= 4 is 16.6 Å². The lowest BCUT2D eigenvalue weighted by atomic mass is 9.73. The molecule has 0 N–H and O–H groups in total. The van der Waals surface area contributed by atoms with Crippen LogP contribution in [0.25, 0.3) is 0 Å². The first-order valence-corrected chi connectivity index (χ1v) is 24.9. The van der Waals surface area contributed by atoms with E-state index in [4.69, 9.17) is 8.85 Å². The zero-order valence-electron chi connectivity index (χ0n) is 27.5. The molecule has 6 fully saturated rings. The van der Waals surface area contributed by atoms with Gasteiger partial charge in [-0.25, -0.2) is 0 Å². The SMILES string of the molecule is C[Si](C)(OC1CC(CCC2CC(O[Si](C)(C)C3CC4C=CC3C4)C3CCCCC23)C2CCCCC12)C1CC2C=CC1C2. The quantitative estimate of drug-likeness (QED) is 0.192. The van der Waals surface area contributed by atoms with Crippen molar-refractivity contribution in [3.05, 3.63) is 24.3 Å². The van der Waals surface area contributed by atoms with Gasteiger partial charge < -0.3 is 8.85 Å². The molecule has 0 aromatic carbocycles. The Hall–Kier alpha value is -0.166. The molecule has 0 aliphatic heterocycles. The average Bonchev–Trinajstić information content (AvgIpc) is 3.83. The van der Waals surface area contributed by atoms with Crippen LogP contribution in [0.1, 0.15) is 103 Å². The van der Waals surface area contributed by atoms with Crippen LogP contribution in [0.3, 0.4) is 0 Å². The van der Waals surface area contributed by atoms with Crippen LogP contribution in [0.15, 0.2) is 24.3 Å². The van der Waals surface area contributed by atoms with Gasteiger partial charge in [-0.2, -0.15) is 0 Å². The van der Waals surface area contributed by atoms with Gasteiger partial charge in [0.25, 0.3) is 0 Å². The fourth-order valence-electron chi connectivity index (χ4n) is 13.2. The van der Waals surface area contributed by atoms with Crippen molar-refractivity contribution in [3.63, 3.8) is 0 Å². The second kappa shape index (κ2) is 11.3. The number of hydrogen-bond acceptors (Lipinski definition) is 2. The molecule has 234 valence electrons. The summed E-state index contributed by atoms with van der Waals surface area (Å²) >= 11 is 0. The Morgan fingerprint density at radius 2 is 0.905 bits per heavy atom. The first-order valence-electron chi connectivity index (χ1n) is 19.0. The van der Waals surface area contributed by atoms with E-state index in [1.807, 2.05) is 0 Å². The number of allylic oxidation sites excluding steroid dienone is 4. The highest BCUT2D eigenvalue weighted by Gasteiger charge is 2.53. The van der Waals surface area contributed by atoms with Crippen molar-refractivity contribution < 1.29 is 8.85 Å². The molecule has 4 bridgehead atoms. The third kappa shape index (κ3) is 5.26. The maximum Gasteiger partial charge on any atom is 0.190 e. The Kier molecular flexibility index (Phi) is 7.85. The van der Waals surface area contributed by atoms with Crippen molar-refractivity contribution in [2.24, 2.45) is 59.2 Å². The highest BCUT2D eigenvalue weighted by atomic mass is 28.4. The van der Waals surface area contributed by atoms with Crippen LogP contribution >= 0.6 is 0 Å². The summed E-state index contributed by atoms with van der Waals surface area (Å²) in [7, 11) is -3.37. The Bertz CT molecular complexity index is 968. The normalized spacial score (nSPS) is 49.2. The van der Waals surface area contributed by atoms with Gasteiger partial charge in [0.05, 0.1) is 0 Å². The van der Waals surface area contributed by atoms with Gasteiger partial charge in [-0.1, -0.05) is 50.0 Å². The lowest BCUT2D eigenvalue weighted by Crippen LogP contribution is -2.43. The Morgan fingerprint density at radius 1 is 0.500 bits per heavy atom. The van der Waals surface area contributed by atoms with E-state index in [1.165, 1.54) is 103 Å². The summed E-state index contributed by atoms with van der Waals surface area (Å²) in [6.45, 7) is 10.4. The van der Waals surface area contributed by atoms with Gasteiger partial charge in [0, 0.05) is 12.2 Å². The smallest absolute Gasteiger partial charge is 0.190 e. The molecule has 14 unspecified atom stereocenters. The molecule has 0 spiro atoms. The van der Waals surface area contributed by atoms with Gasteiger partial charge in [0.2, 0.25) is 0 Å². The van der Waals surface area contributed by atoms with Crippen LogP contribution in [0.5, 0.6) is 0 Å². The molecular formula is C38H62O2Si2. The van der Waals surface area contributed by atoms with E-state index in [0.717, 1.165) is 70.3 Å². The fraction of sp³-hybridized carbons (Fsp3) is 0.895. The molecule has 42 heavy (non-hydrogen) atoms. The van der Waals surface area contributed by atoms with Gasteiger partial charge in [-0.05, 0) is 173 Å². The minimum atomic E-state index is -1.68. The topological polar surface area (TPSA) is 18.5 Å². The Balaban J connectivity index is 0.916. The molecule has 0 aromatic heterocycles. The average molecular weight is 607 g/mol. The summed E-state index contributed by atoms with van der Waals surface area (Å²) in [6.07, 6.45) is 34.5. The van der Waals surface area contributed by atoms with E-state index in [0.29, 0.717) is 12.2 Å². The van der Waals surface area contributed by atoms with Crippen LogP contribution in [0.4, 0.5) is 0 Å². The summed E-state index contributed by atoms with van der Waals surface area (Å²) < 4.78 is 14.8. The van der Waals surface area contributed by atoms with Crippen molar-refractivity contribution in [2.45, 2.75) is 152 Å². The molecule has 8 aliphatic carbocycles. The maximum atomic E-state index is 7.42. The zero-order chi connectivity index (χ0) is 28.6. The van der Waals surface area contributed by atoms with Crippen LogP contribution in [-0.4, -0.2) is 28.8 Å². The molecule has 0 heterocycles. The van der Waals surface area contributed by atoms with Crippen LogP contribution in [0, 0.1) is 59.2 Å². The molecule has 14 atom stereocenters. The highest BCUT2D eigenvalue weighted by molar-refractivity contribution is 6.73. The van der Waals surface area contributed by atoms with E-state index in [2.05, 4.69) is 50.5 Å². The molecular weight excluding hydrogens is 545 g/mol. The van der Waals surface area contributed by atoms with Gasteiger partial charge in [-0.3, -0.25) is 0 Å². The molecule has 0 amide bonds. The third-order valence-corrected chi connectivity index (χ3v) is 21.9. The minimum absolute atomic E-state index is 0.578. The Labute approximate surface area is 260 Å². The van der Waals surface area contributed by atoms with Crippen LogP contribution in [-0.2, 0) is 8.85 Å². The minimum Gasteiger partial charge on any atom is -0.414 e. The molecule has 0 aromatic rings. The Morgan fingerprint density at radius 3 is 1.26 bits per heavy atom. The van der Waals surface area contributed by atoms with Gasteiger partial charge in [0.15, 0.2) is 16.6 Å². The molecule has 2 nitrogen and oxygen atoms in total. The fourth-order valence-corrected chi connectivity index (χ4v) is 20.0. The van der Waals surface area contributed by atoms with E-state index in [-0.39, 0.29) is 0 Å². The first kappa shape index (κ1) is 29.2. The predicted octanol–water partition coefficient (Wildman–Crippen LogP) is 10.5. The number of rotatable bonds is 9. The number of hydrogen-bond donors (Lipinski definition) is 0. The van der Waals surface area contributed by atoms with Crippen molar-refractivity contribution in [2.75, 3.05) is 0 Å². The summed E-state index contributed by atoms with van der Waals surface area (Å²) in [4.78, 5) is 0. The molecule has 8 aliphatic rings. The monoisotopic (exact) mass is 606 g/mol. The lowest BCUT2D eigenvalue weighted by molar-refractivity contribution is 0.103. The zero-order valence-corrected chi connectivity index (χ0v) is 29.5. The maximum absolute atomic E-state index is 7.42. The lowest BCUT2D eigenvalue weighted by Gasteiger charge is -2.39. The third-order valence-electron chi connectivity index (χ3n) is 15.1. The summed E-state index contributed by atoms with van der Waals surface area (Å²) in [5.74, 6) is 8.94. The predicted molar refractivity (Wildman–Crippen MR) is 179 cm³/mol. The molecule has 4 heteroatoms. The first-order chi connectivity index (χ1) is 20.2. The van der Waals surface area contributed by atoms with Crippen LogP contribution in [0.2, 0.25) is 37.3 Å². The molecule has 0 radical (unpaired) electrons. The molecule has 8 rings (SSSR count). The van der Waals surface area contributed by atoms with Crippen molar-refractivity contribution in [1.29, 1.82) is 0 Å². The van der Waals surface area contributed by atoms with Gasteiger partial charge in [0.1, 0.15) is 0 Å². The number of fused-ring (bicyclic) bond motifs is 6. The molecule has 6 saturated carbocycles. The standard InChI is InChI=1S/C38H62O2Si2/c1-41(2,37-21-25-13-15-29(37)19-25)39-35-23-27(31-9-5-7-11-33(31)35)17-18-28-24-36(34-12-8-6-10-32(28)34)40-42(3,4)38-22-26-14-16-30(38)20-26/h13-16,25-38H,5-12,17-24H2,1-4H3. The van der Waals surface area contributed by atoms with Crippen molar-refractivity contribution in [1.82, 2.24) is 0 Å². The summed E-state index contributed by atoms with van der Waals surface area (Å²) in [5, 5.41) is 0. The summed E-state index contributed by atoms with van der Waals surface area (Å²) in [6, 6.07) is 0. The van der Waals surface area contributed by atoms with E-state index >= 15 is 0 Å². The molecule has 0 saturated heterocycles.